The number of carbonyl (C=O) groups excluding carboxylic acids is 2. The minimum Gasteiger partial charge on any atom is -0.350 e. The van der Waals surface area contributed by atoms with Crippen LogP contribution in [0, 0.1) is 13.8 Å². The van der Waals surface area contributed by atoms with Crippen molar-refractivity contribution < 1.29 is 9.59 Å². The van der Waals surface area contributed by atoms with Crippen LogP contribution in [-0.4, -0.2) is 11.8 Å². The zero-order chi connectivity index (χ0) is 22.2. The van der Waals surface area contributed by atoms with E-state index in [1.165, 1.54) is 4.90 Å². The number of fused-ring (bicyclic) bond motifs is 1. The predicted octanol–water partition coefficient (Wildman–Crippen LogP) is 5.85. The van der Waals surface area contributed by atoms with Crippen molar-refractivity contribution in [2.45, 2.75) is 13.8 Å². The Bertz CT molecular complexity index is 1400. The number of nitrogens with one attached hydrogen (secondary N) is 1. The molecule has 4 aromatic rings. The quantitative estimate of drug-likeness (QED) is 0.423. The Labute approximate surface area is 186 Å². The van der Waals surface area contributed by atoms with Crippen LogP contribution >= 0.6 is 0 Å². The zero-order valence-electron chi connectivity index (χ0n) is 17.9. The Balaban J connectivity index is 1.66. The third-order valence-electron chi connectivity index (χ3n) is 5.73. The van der Waals surface area contributed by atoms with Crippen molar-refractivity contribution in [1.29, 1.82) is 0 Å². The van der Waals surface area contributed by atoms with Gasteiger partial charge in [-0.1, -0.05) is 78.4 Å². The highest BCUT2D eigenvalue weighted by Gasteiger charge is 2.40. The van der Waals surface area contributed by atoms with Gasteiger partial charge in [-0.3, -0.25) is 9.59 Å². The van der Waals surface area contributed by atoms with Crippen LogP contribution in [0.4, 0.5) is 11.4 Å². The fourth-order valence-corrected chi connectivity index (χ4v) is 4.10. The zero-order valence-corrected chi connectivity index (χ0v) is 17.9. The molecule has 0 bridgehead atoms. The van der Waals surface area contributed by atoms with Crippen LogP contribution in [0.15, 0.2) is 96.7 Å². The van der Waals surface area contributed by atoms with Gasteiger partial charge in [0.05, 0.1) is 11.3 Å². The average molecular weight is 418 g/mol. The van der Waals surface area contributed by atoms with Crippen molar-refractivity contribution in [1.82, 2.24) is 0 Å². The molecule has 1 aliphatic heterocycles. The molecule has 4 aromatic carbocycles. The SMILES string of the molecule is Cc1ccc(C2=C(Nc3cccc4ccccc34)C(=O)N(c3cccc(C)c3)C2=O)cc1. The molecule has 5 rings (SSSR count). The fraction of sp³-hybridized carbons (Fsp3) is 0.0714. The van der Waals surface area contributed by atoms with E-state index in [0.717, 1.165) is 27.6 Å². The number of rotatable bonds is 4. The summed E-state index contributed by atoms with van der Waals surface area (Å²) < 4.78 is 0. The van der Waals surface area contributed by atoms with Crippen LogP contribution in [0.3, 0.4) is 0 Å². The first-order valence-corrected chi connectivity index (χ1v) is 10.5. The van der Waals surface area contributed by atoms with E-state index in [9.17, 15) is 9.59 Å². The number of imide groups is 1. The lowest BCUT2D eigenvalue weighted by atomic mass is 10.0. The average Bonchev–Trinajstić information content (AvgIpc) is 3.04. The number of carbonyl (C=O) groups is 2. The third-order valence-corrected chi connectivity index (χ3v) is 5.73. The van der Waals surface area contributed by atoms with Crippen molar-refractivity contribution in [3.63, 3.8) is 0 Å². The van der Waals surface area contributed by atoms with E-state index < -0.39 is 0 Å². The summed E-state index contributed by atoms with van der Waals surface area (Å²) in [5, 5.41) is 5.35. The minimum absolute atomic E-state index is 0.289. The maximum absolute atomic E-state index is 13.6. The number of nitrogens with zero attached hydrogens (tertiary/aromatic N) is 1. The number of anilines is 2. The van der Waals surface area contributed by atoms with Crippen molar-refractivity contribution in [2.24, 2.45) is 0 Å². The first-order chi connectivity index (χ1) is 15.5. The molecule has 0 fully saturated rings. The summed E-state index contributed by atoms with van der Waals surface area (Å²) in [4.78, 5) is 28.4. The van der Waals surface area contributed by atoms with E-state index in [1.54, 1.807) is 6.07 Å². The molecular formula is C28H22N2O2. The van der Waals surface area contributed by atoms with Gasteiger partial charge in [0, 0.05) is 11.1 Å². The molecule has 4 heteroatoms. The molecule has 4 nitrogen and oxygen atoms in total. The van der Waals surface area contributed by atoms with Gasteiger partial charge in [-0.2, -0.15) is 0 Å². The van der Waals surface area contributed by atoms with E-state index in [4.69, 9.17) is 0 Å². The van der Waals surface area contributed by atoms with Crippen molar-refractivity contribution >= 4 is 39.5 Å². The molecule has 2 amide bonds. The Morgan fingerprint density at radius 2 is 1.41 bits per heavy atom. The van der Waals surface area contributed by atoms with E-state index in [0.29, 0.717) is 16.8 Å². The van der Waals surface area contributed by atoms with Crippen LogP contribution in [0.5, 0.6) is 0 Å². The monoisotopic (exact) mass is 418 g/mol. The van der Waals surface area contributed by atoms with Crippen molar-refractivity contribution in [3.8, 4) is 0 Å². The van der Waals surface area contributed by atoms with Gasteiger partial charge in [0.25, 0.3) is 11.8 Å². The van der Waals surface area contributed by atoms with Gasteiger partial charge in [-0.25, -0.2) is 4.90 Å². The van der Waals surface area contributed by atoms with Gasteiger partial charge in [0.1, 0.15) is 5.70 Å². The first kappa shape index (κ1) is 19.8. The summed E-state index contributed by atoms with van der Waals surface area (Å²) in [7, 11) is 0. The molecular weight excluding hydrogens is 396 g/mol. The van der Waals surface area contributed by atoms with Gasteiger partial charge in [0.15, 0.2) is 0 Å². The summed E-state index contributed by atoms with van der Waals surface area (Å²) in [6.07, 6.45) is 0. The molecule has 0 radical (unpaired) electrons. The first-order valence-electron chi connectivity index (χ1n) is 10.5. The summed E-state index contributed by atoms with van der Waals surface area (Å²) in [6.45, 7) is 3.94. The molecule has 0 saturated heterocycles. The fourth-order valence-electron chi connectivity index (χ4n) is 4.10. The number of hydrogen-bond acceptors (Lipinski definition) is 3. The molecule has 0 atom stereocenters. The van der Waals surface area contributed by atoms with Crippen molar-refractivity contribution in [3.05, 3.63) is 113 Å². The summed E-state index contributed by atoms with van der Waals surface area (Å²) in [5.41, 5.74) is 4.81. The second kappa shape index (κ2) is 7.82. The van der Waals surface area contributed by atoms with Gasteiger partial charge in [-0.15, -0.1) is 0 Å². The Hall–Kier alpha value is -4.18. The van der Waals surface area contributed by atoms with Gasteiger partial charge in [-0.05, 0) is 48.6 Å². The van der Waals surface area contributed by atoms with Gasteiger partial charge in [0.2, 0.25) is 0 Å². The normalized spacial score (nSPS) is 13.9. The Morgan fingerprint density at radius 1 is 0.688 bits per heavy atom. The molecule has 0 spiro atoms. The van der Waals surface area contributed by atoms with E-state index >= 15 is 0 Å². The van der Waals surface area contributed by atoms with Crippen LogP contribution < -0.4 is 10.2 Å². The molecule has 0 aromatic heterocycles. The number of aryl methyl sites for hydroxylation is 2. The second-order valence-corrected chi connectivity index (χ2v) is 8.05. The molecule has 0 aliphatic carbocycles. The van der Waals surface area contributed by atoms with E-state index in [-0.39, 0.29) is 17.5 Å². The molecule has 156 valence electrons. The molecule has 0 unspecified atom stereocenters. The topological polar surface area (TPSA) is 49.4 Å². The minimum atomic E-state index is -0.357. The summed E-state index contributed by atoms with van der Waals surface area (Å²) >= 11 is 0. The molecule has 32 heavy (non-hydrogen) atoms. The van der Waals surface area contributed by atoms with Crippen LogP contribution in [0.1, 0.15) is 16.7 Å². The Kier molecular flexibility index (Phi) is 4.83. The number of amides is 2. The van der Waals surface area contributed by atoms with Gasteiger partial charge >= 0.3 is 0 Å². The number of hydrogen-bond donors (Lipinski definition) is 1. The summed E-state index contributed by atoms with van der Waals surface area (Å²) in [5.74, 6) is -0.684. The largest absolute Gasteiger partial charge is 0.350 e. The van der Waals surface area contributed by atoms with Crippen molar-refractivity contribution in [2.75, 3.05) is 10.2 Å². The van der Waals surface area contributed by atoms with Crippen LogP contribution in [0.25, 0.3) is 16.3 Å². The lowest BCUT2D eigenvalue weighted by molar-refractivity contribution is -0.120. The molecule has 1 heterocycles. The highest BCUT2D eigenvalue weighted by Crippen LogP contribution is 2.35. The maximum Gasteiger partial charge on any atom is 0.282 e. The van der Waals surface area contributed by atoms with E-state index in [2.05, 4.69) is 5.32 Å². The second-order valence-electron chi connectivity index (χ2n) is 8.05. The molecule has 1 N–H and O–H groups in total. The standard InChI is InChI=1S/C28H22N2O2/c1-18-13-15-21(16-14-18)25-26(29-24-12-6-9-20-8-3-4-11-23(20)24)28(32)30(27(25)31)22-10-5-7-19(2)17-22/h3-17,29H,1-2H3. The highest BCUT2D eigenvalue weighted by molar-refractivity contribution is 6.46. The lowest BCUT2D eigenvalue weighted by Crippen LogP contribution is -2.32. The number of benzene rings is 4. The van der Waals surface area contributed by atoms with Crippen LogP contribution in [0.2, 0.25) is 0 Å². The van der Waals surface area contributed by atoms with Crippen LogP contribution in [-0.2, 0) is 9.59 Å². The smallest absolute Gasteiger partial charge is 0.282 e. The molecule has 0 saturated carbocycles. The van der Waals surface area contributed by atoms with E-state index in [1.807, 2.05) is 98.8 Å². The maximum atomic E-state index is 13.6. The Morgan fingerprint density at radius 3 is 2.19 bits per heavy atom. The molecule has 1 aliphatic rings. The lowest BCUT2D eigenvalue weighted by Gasteiger charge is -2.16. The van der Waals surface area contributed by atoms with Gasteiger partial charge < -0.3 is 5.32 Å². The highest BCUT2D eigenvalue weighted by atomic mass is 16.2. The summed E-state index contributed by atoms with van der Waals surface area (Å²) in [6, 6.07) is 29.0. The third kappa shape index (κ3) is 3.36. The predicted molar refractivity (Wildman–Crippen MR) is 129 cm³/mol.